The molecule has 2 nitrogen and oxygen atoms in total. The highest BCUT2D eigenvalue weighted by Crippen LogP contribution is 2.14. The molecule has 0 fully saturated rings. The number of halogens is 1. The molecule has 0 unspecified atom stereocenters. The third-order valence-electron chi connectivity index (χ3n) is 1.39. The van der Waals surface area contributed by atoms with E-state index in [2.05, 4.69) is 28.6 Å². The molecule has 0 bridgehead atoms. The fourth-order valence-corrected chi connectivity index (χ4v) is 1.19. The van der Waals surface area contributed by atoms with Gasteiger partial charge in [0, 0.05) is 4.47 Å². The van der Waals surface area contributed by atoms with Gasteiger partial charge in [0.1, 0.15) is 0 Å². The van der Waals surface area contributed by atoms with Crippen LogP contribution in [0.4, 0.5) is 0 Å². The van der Waals surface area contributed by atoms with Gasteiger partial charge in [-0.25, -0.2) is 4.79 Å². The molecule has 1 aromatic carbocycles. The highest BCUT2D eigenvalue weighted by atomic mass is 79.9. The van der Waals surface area contributed by atoms with Crippen molar-refractivity contribution in [2.45, 2.75) is 0 Å². The van der Waals surface area contributed by atoms with E-state index in [-0.39, 0.29) is 4.91 Å². The first-order valence-electron chi connectivity index (χ1n) is 3.49. The maximum Gasteiger partial charge on any atom is 0.341 e. The van der Waals surface area contributed by atoms with Crippen molar-refractivity contribution in [2.24, 2.45) is 0 Å². The van der Waals surface area contributed by atoms with Crippen molar-refractivity contribution in [3.8, 4) is 0 Å². The van der Waals surface area contributed by atoms with Gasteiger partial charge in [0.25, 0.3) is 0 Å². The Kier molecular flexibility index (Phi) is 3.57. The minimum absolute atomic E-state index is 0.0299. The molecule has 0 heterocycles. The molecule has 4 heteroatoms. The Morgan fingerprint density at radius 2 is 1.92 bits per heavy atom. The van der Waals surface area contributed by atoms with Crippen molar-refractivity contribution < 1.29 is 9.90 Å². The second-order valence-electron chi connectivity index (χ2n) is 2.39. The van der Waals surface area contributed by atoms with Gasteiger partial charge >= 0.3 is 5.97 Å². The number of benzene rings is 1. The molecule has 0 amide bonds. The van der Waals surface area contributed by atoms with Crippen LogP contribution in [0.15, 0.2) is 33.6 Å². The summed E-state index contributed by atoms with van der Waals surface area (Å²) in [7, 11) is 0. The van der Waals surface area contributed by atoms with E-state index < -0.39 is 5.97 Å². The van der Waals surface area contributed by atoms with Gasteiger partial charge in [0.15, 0.2) is 0 Å². The number of carboxylic acids is 1. The average molecular weight is 259 g/mol. The van der Waals surface area contributed by atoms with Gasteiger partial charge in [-0.15, -0.1) is 12.6 Å². The van der Waals surface area contributed by atoms with Crippen LogP contribution in [-0.2, 0) is 4.79 Å². The van der Waals surface area contributed by atoms with Crippen LogP contribution in [0.1, 0.15) is 5.56 Å². The number of thiol groups is 1. The molecule has 13 heavy (non-hydrogen) atoms. The van der Waals surface area contributed by atoms with Gasteiger partial charge < -0.3 is 5.11 Å². The number of hydrogen-bond acceptors (Lipinski definition) is 2. The monoisotopic (exact) mass is 258 g/mol. The Balaban J connectivity index is 2.92. The molecule has 0 aliphatic heterocycles. The lowest BCUT2D eigenvalue weighted by molar-refractivity contribution is -0.131. The maximum atomic E-state index is 10.4. The summed E-state index contributed by atoms with van der Waals surface area (Å²) in [6.07, 6.45) is 1.50. The van der Waals surface area contributed by atoms with Crippen molar-refractivity contribution in [1.29, 1.82) is 0 Å². The SMILES string of the molecule is O=C(O)/C(S)=C/c1ccc(Br)cc1. The Labute approximate surface area is 89.8 Å². The first kappa shape index (κ1) is 10.3. The van der Waals surface area contributed by atoms with Gasteiger partial charge in [-0.2, -0.15) is 0 Å². The highest BCUT2D eigenvalue weighted by molar-refractivity contribution is 9.10. The molecule has 68 valence electrons. The van der Waals surface area contributed by atoms with Crippen molar-refractivity contribution in [2.75, 3.05) is 0 Å². The second-order valence-corrected chi connectivity index (χ2v) is 3.78. The molecule has 0 atom stereocenters. The molecule has 0 aromatic heterocycles. The molecular weight excluding hydrogens is 252 g/mol. The Hall–Kier alpha value is -0.740. The van der Waals surface area contributed by atoms with E-state index in [9.17, 15) is 4.79 Å². The van der Waals surface area contributed by atoms with E-state index in [0.29, 0.717) is 0 Å². The van der Waals surface area contributed by atoms with Crippen LogP contribution in [0.5, 0.6) is 0 Å². The zero-order chi connectivity index (χ0) is 9.84. The first-order valence-corrected chi connectivity index (χ1v) is 4.73. The standard InChI is InChI=1S/C9H7BrO2S/c10-7-3-1-6(2-4-7)5-8(13)9(11)12/h1-5,13H,(H,11,12)/b8-5-. The number of aliphatic carboxylic acids is 1. The Morgan fingerprint density at radius 1 is 1.38 bits per heavy atom. The number of rotatable bonds is 2. The minimum atomic E-state index is -1.02. The Bertz CT molecular complexity index is 343. The summed E-state index contributed by atoms with van der Waals surface area (Å²) in [6, 6.07) is 7.30. The van der Waals surface area contributed by atoms with Crippen molar-refractivity contribution >= 4 is 40.6 Å². The second kappa shape index (κ2) is 4.48. The quantitative estimate of drug-likeness (QED) is 0.633. The number of carboxylic acid groups (broad SMARTS) is 1. The molecule has 1 N–H and O–H groups in total. The average Bonchev–Trinajstić information content (AvgIpc) is 2.08. The molecule has 0 aliphatic carbocycles. The van der Waals surface area contributed by atoms with Gasteiger partial charge in [0.2, 0.25) is 0 Å². The van der Waals surface area contributed by atoms with Crippen LogP contribution >= 0.6 is 28.6 Å². The fourth-order valence-electron chi connectivity index (χ4n) is 0.779. The third kappa shape index (κ3) is 3.24. The summed E-state index contributed by atoms with van der Waals surface area (Å²) < 4.78 is 0.959. The predicted molar refractivity (Wildman–Crippen MR) is 58.7 cm³/mol. The van der Waals surface area contributed by atoms with Crippen LogP contribution in [0, 0.1) is 0 Å². The molecule has 0 radical (unpaired) electrons. The highest BCUT2D eigenvalue weighted by Gasteiger charge is 2.00. The summed E-state index contributed by atoms with van der Waals surface area (Å²) in [5.41, 5.74) is 0.815. The summed E-state index contributed by atoms with van der Waals surface area (Å²) in [5.74, 6) is -1.02. The summed E-state index contributed by atoms with van der Waals surface area (Å²) >= 11 is 7.10. The zero-order valence-corrected chi connectivity index (χ0v) is 9.05. The molecular formula is C9H7BrO2S. The van der Waals surface area contributed by atoms with E-state index in [4.69, 9.17) is 5.11 Å². The summed E-state index contributed by atoms with van der Waals surface area (Å²) in [4.78, 5) is 10.4. The van der Waals surface area contributed by atoms with Crippen LogP contribution in [-0.4, -0.2) is 11.1 Å². The van der Waals surface area contributed by atoms with E-state index >= 15 is 0 Å². The van der Waals surface area contributed by atoms with Crippen LogP contribution in [0.3, 0.4) is 0 Å². The topological polar surface area (TPSA) is 37.3 Å². The lowest BCUT2D eigenvalue weighted by Gasteiger charge is -1.95. The van der Waals surface area contributed by atoms with Crippen LogP contribution < -0.4 is 0 Å². The third-order valence-corrected chi connectivity index (χ3v) is 2.24. The molecule has 1 rings (SSSR count). The van der Waals surface area contributed by atoms with E-state index in [1.165, 1.54) is 6.08 Å². The van der Waals surface area contributed by atoms with Crippen molar-refractivity contribution in [3.05, 3.63) is 39.2 Å². The zero-order valence-electron chi connectivity index (χ0n) is 6.57. The van der Waals surface area contributed by atoms with E-state index in [1.54, 1.807) is 0 Å². The largest absolute Gasteiger partial charge is 0.477 e. The molecule has 0 saturated carbocycles. The summed E-state index contributed by atoms with van der Waals surface area (Å²) in [6.45, 7) is 0. The minimum Gasteiger partial charge on any atom is -0.477 e. The van der Waals surface area contributed by atoms with E-state index in [1.807, 2.05) is 24.3 Å². The molecule has 1 aromatic rings. The summed E-state index contributed by atoms with van der Waals surface area (Å²) in [5, 5.41) is 8.54. The Morgan fingerprint density at radius 3 is 2.38 bits per heavy atom. The molecule has 0 aliphatic rings. The lowest BCUT2D eigenvalue weighted by atomic mass is 10.2. The van der Waals surface area contributed by atoms with Gasteiger partial charge in [-0.1, -0.05) is 28.1 Å². The first-order chi connectivity index (χ1) is 6.09. The maximum absolute atomic E-state index is 10.4. The lowest BCUT2D eigenvalue weighted by Crippen LogP contribution is -1.92. The predicted octanol–water partition coefficient (Wildman–Crippen LogP) is 2.80. The van der Waals surface area contributed by atoms with Crippen molar-refractivity contribution in [1.82, 2.24) is 0 Å². The normalized spacial score (nSPS) is 11.4. The number of hydrogen-bond donors (Lipinski definition) is 2. The fraction of sp³-hybridized carbons (Fsp3) is 0. The van der Waals surface area contributed by atoms with Gasteiger partial charge in [0.05, 0.1) is 4.91 Å². The van der Waals surface area contributed by atoms with E-state index in [0.717, 1.165) is 10.0 Å². The molecule has 0 saturated heterocycles. The van der Waals surface area contributed by atoms with Crippen LogP contribution in [0.25, 0.3) is 6.08 Å². The van der Waals surface area contributed by atoms with Gasteiger partial charge in [-0.05, 0) is 23.8 Å². The van der Waals surface area contributed by atoms with Crippen LogP contribution in [0.2, 0.25) is 0 Å². The van der Waals surface area contributed by atoms with Gasteiger partial charge in [-0.3, -0.25) is 0 Å². The number of carbonyl (C=O) groups is 1. The van der Waals surface area contributed by atoms with Crippen molar-refractivity contribution in [3.63, 3.8) is 0 Å². The smallest absolute Gasteiger partial charge is 0.341 e. The molecule has 0 spiro atoms.